The minimum Gasteiger partial charge on any atom is -0.459 e. The van der Waals surface area contributed by atoms with Crippen molar-refractivity contribution in [3.63, 3.8) is 0 Å². The van der Waals surface area contributed by atoms with Gasteiger partial charge in [-0.3, -0.25) is 0 Å². The quantitative estimate of drug-likeness (QED) is 0.808. The maximum atomic E-state index is 12.1. The van der Waals surface area contributed by atoms with E-state index in [1.165, 1.54) is 12.1 Å². The number of rotatable bonds is 4. The Bertz CT molecular complexity index is 639. The van der Waals surface area contributed by atoms with Gasteiger partial charge in [-0.05, 0) is 25.1 Å². The summed E-state index contributed by atoms with van der Waals surface area (Å²) in [6, 6.07) is 4.95. The van der Waals surface area contributed by atoms with E-state index in [1.54, 1.807) is 6.92 Å². The molecule has 6 nitrogen and oxygen atoms in total. The molecular formula is C12H9F3N2O4. The first-order chi connectivity index (χ1) is 9.89. The summed E-state index contributed by atoms with van der Waals surface area (Å²) in [6.45, 7) is 1.73. The molecule has 0 saturated heterocycles. The van der Waals surface area contributed by atoms with Crippen LogP contribution in [-0.4, -0.2) is 29.1 Å². The van der Waals surface area contributed by atoms with Gasteiger partial charge in [0.25, 0.3) is 0 Å². The van der Waals surface area contributed by atoms with Gasteiger partial charge in [-0.2, -0.15) is 0 Å². The van der Waals surface area contributed by atoms with Gasteiger partial charge < -0.3 is 13.9 Å². The molecule has 2 aromatic rings. The Morgan fingerprint density at radius 1 is 1.33 bits per heavy atom. The first-order valence-electron chi connectivity index (χ1n) is 5.76. The fraction of sp³-hybridized carbons (Fsp3) is 0.250. The average Bonchev–Trinajstić information content (AvgIpc) is 2.87. The summed E-state index contributed by atoms with van der Waals surface area (Å²) >= 11 is 0. The molecule has 0 N–H and O–H groups in total. The molecular weight excluding hydrogens is 293 g/mol. The highest BCUT2D eigenvalue weighted by atomic mass is 19.4. The summed E-state index contributed by atoms with van der Waals surface area (Å²) in [5.74, 6) is -1.74. The number of nitrogens with zero attached hydrogens (tertiary/aromatic N) is 2. The summed E-state index contributed by atoms with van der Waals surface area (Å²) < 4.78 is 49.9. The highest BCUT2D eigenvalue weighted by molar-refractivity contribution is 5.84. The minimum atomic E-state index is -4.80. The standard InChI is InChI=1S/C12H9F3N2O4/c1-2-19-11(18)10-17-16-9(20-10)7-4-3-5-8(6-7)21-12(13,14)15/h3-6H,2H2,1H3. The lowest BCUT2D eigenvalue weighted by molar-refractivity contribution is -0.274. The Labute approximate surface area is 116 Å². The zero-order valence-corrected chi connectivity index (χ0v) is 10.7. The van der Waals surface area contributed by atoms with Crippen molar-refractivity contribution >= 4 is 5.97 Å². The van der Waals surface area contributed by atoms with Crippen LogP contribution in [0.2, 0.25) is 0 Å². The van der Waals surface area contributed by atoms with Gasteiger partial charge in [0, 0.05) is 5.56 Å². The van der Waals surface area contributed by atoms with Gasteiger partial charge in [0.1, 0.15) is 5.75 Å². The third kappa shape index (κ3) is 3.94. The van der Waals surface area contributed by atoms with Crippen LogP contribution in [0.25, 0.3) is 11.5 Å². The largest absolute Gasteiger partial charge is 0.573 e. The lowest BCUT2D eigenvalue weighted by atomic mass is 10.2. The maximum Gasteiger partial charge on any atom is 0.573 e. The molecule has 0 aliphatic heterocycles. The van der Waals surface area contributed by atoms with Gasteiger partial charge in [-0.1, -0.05) is 6.07 Å². The second-order valence-electron chi connectivity index (χ2n) is 3.71. The SMILES string of the molecule is CCOC(=O)c1nnc(-c2cccc(OC(F)(F)F)c2)o1. The van der Waals surface area contributed by atoms with Crippen molar-refractivity contribution in [2.45, 2.75) is 13.3 Å². The molecule has 0 fully saturated rings. The van der Waals surface area contributed by atoms with Gasteiger partial charge >= 0.3 is 18.2 Å². The third-order valence-corrected chi connectivity index (χ3v) is 2.19. The maximum absolute atomic E-state index is 12.1. The van der Waals surface area contributed by atoms with Crippen molar-refractivity contribution < 1.29 is 31.9 Å². The zero-order valence-electron chi connectivity index (χ0n) is 10.7. The molecule has 0 bridgehead atoms. The summed E-state index contributed by atoms with van der Waals surface area (Å²) in [7, 11) is 0. The number of halogens is 3. The number of hydrogen-bond acceptors (Lipinski definition) is 6. The van der Waals surface area contributed by atoms with E-state index < -0.39 is 18.1 Å². The van der Waals surface area contributed by atoms with Crippen LogP contribution in [0.5, 0.6) is 5.75 Å². The summed E-state index contributed by atoms with van der Waals surface area (Å²) in [4.78, 5) is 11.4. The van der Waals surface area contributed by atoms with Crippen molar-refractivity contribution in [3.8, 4) is 17.2 Å². The smallest absolute Gasteiger partial charge is 0.459 e. The first-order valence-corrected chi connectivity index (χ1v) is 5.76. The number of ether oxygens (including phenoxy) is 2. The predicted molar refractivity (Wildman–Crippen MR) is 62.4 cm³/mol. The number of carbonyl (C=O) groups is 1. The third-order valence-electron chi connectivity index (χ3n) is 2.19. The van der Waals surface area contributed by atoms with E-state index in [0.717, 1.165) is 12.1 Å². The highest BCUT2D eigenvalue weighted by Crippen LogP contribution is 2.27. The molecule has 0 aliphatic rings. The van der Waals surface area contributed by atoms with Gasteiger partial charge in [0.05, 0.1) is 6.61 Å². The Hall–Kier alpha value is -2.58. The lowest BCUT2D eigenvalue weighted by Crippen LogP contribution is -2.17. The molecule has 21 heavy (non-hydrogen) atoms. The van der Waals surface area contributed by atoms with Crippen LogP contribution in [0.1, 0.15) is 17.6 Å². The van der Waals surface area contributed by atoms with E-state index in [-0.39, 0.29) is 24.0 Å². The molecule has 1 aromatic heterocycles. The topological polar surface area (TPSA) is 74.5 Å². The van der Waals surface area contributed by atoms with Crippen molar-refractivity contribution in [2.75, 3.05) is 6.61 Å². The molecule has 0 atom stereocenters. The second-order valence-corrected chi connectivity index (χ2v) is 3.71. The highest BCUT2D eigenvalue weighted by Gasteiger charge is 2.31. The molecule has 0 unspecified atom stereocenters. The summed E-state index contributed by atoms with van der Waals surface area (Å²) in [6.07, 6.45) is -4.80. The molecule has 9 heteroatoms. The monoisotopic (exact) mass is 302 g/mol. The van der Waals surface area contributed by atoms with E-state index in [1.807, 2.05) is 0 Å². The van der Waals surface area contributed by atoms with Gasteiger partial charge in [-0.25, -0.2) is 4.79 Å². The number of aromatic nitrogens is 2. The van der Waals surface area contributed by atoms with E-state index >= 15 is 0 Å². The van der Waals surface area contributed by atoms with E-state index in [4.69, 9.17) is 4.42 Å². The molecule has 0 spiro atoms. The second kappa shape index (κ2) is 5.81. The molecule has 2 rings (SSSR count). The van der Waals surface area contributed by atoms with Crippen molar-refractivity contribution in [3.05, 3.63) is 30.2 Å². The van der Waals surface area contributed by atoms with Crippen molar-refractivity contribution in [1.82, 2.24) is 10.2 Å². The number of esters is 1. The Morgan fingerprint density at radius 2 is 2.10 bits per heavy atom. The number of carbonyl (C=O) groups excluding carboxylic acids is 1. The van der Waals surface area contributed by atoms with Crippen LogP contribution in [0.3, 0.4) is 0 Å². The fourth-order valence-corrected chi connectivity index (χ4v) is 1.44. The summed E-state index contributed by atoms with van der Waals surface area (Å²) in [5, 5.41) is 7.03. The lowest BCUT2D eigenvalue weighted by Gasteiger charge is -2.08. The van der Waals surface area contributed by atoms with Crippen LogP contribution in [0, 0.1) is 0 Å². The molecule has 0 saturated carbocycles. The Kier molecular flexibility index (Phi) is 4.10. The van der Waals surface area contributed by atoms with Crippen LogP contribution in [0.15, 0.2) is 28.7 Å². The normalized spacial score (nSPS) is 11.2. The van der Waals surface area contributed by atoms with Crippen LogP contribution in [-0.2, 0) is 4.74 Å². The average molecular weight is 302 g/mol. The predicted octanol–water partition coefficient (Wildman–Crippen LogP) is 2.81. The van der Waals surface area contributed by atoms with Gasteiger partial charge in [0.2, 0.25) is 5.89 Å². The molecule has 112 valence electrons. The van der Waals surface area contributed by atoms with E-state index in [0.29, 0.717) is 0 Å². The zero-order chi connectivity index (χ0) is 15.5. The Balaban J connectivity index is 2.22. The fourth-order valence-electron chi connectivity index (χ4n) is 1.44. The molecule has 0 aliphatic carbocycles. The molecule has 1 aromatic carbocycles. The first kappa shape index (κ1) is 14.8. The molecule has 0 radical (unpaired) electrons. The van der Waals surface area contributed by atoms with E-state index in [9.17, 15) is 18.0 Å². The van der Waals surface area contributed by atoms with E-state index in [2.05, 4.69) is 19.7 Å². The van der Waals surface area contributed by atoms with Crippen molar-refractivity contribution in [2.24, 2.45) is 0 Å². The number of benzene rings is 1. The number of alkyl halides is 3. The number of hydrogen-bond donors (Lipinski definition) is 0. The minimum absolute atomic E-state index is 0.120. The van der Waals surface area contributed by atoms with Crippen molar-refractivity contribution in [1.29, 1.82) is 0 Å². The Morgan fingerprint density at radius 3 is 2.76 bits per heavy atom. The van der Waals surface area contributed by atoms with Gasteiger partial charge in [-0.15, -0.1) is 23.4 Å². The summed E-state index contributed by atoms with van der Waals surface area (Å²) in [5.41, 5.74) is 0.180. The van der Waals surface area contributed by atoms with Crippen LogP contribution < -0.4 is 4.74 Å². The van der Waals surface area contributed by atoms with Crippen LogP contribution in [0.4, 0.5) is 13.2 Å². The molecule has 1 heterocycles. The molecule has 0 amide bonds. The van der Waals surface area contributed by atoms with Gasteiger partial charge in [0.15, 0.2) is 0 Å². The van der Waals surface area contributed by atoms with Crippen LogP contribution >= 0.6 is 0 Å².